The molecule has 40 heavy (non-hydrogen) atoms. The zero-order valence-electron chi connectivity index (χ0n) is 22.5. The summed E-state index contributed by atoms with van der Waals surface area (Å²) in [5, 5.41) is 2.19. The number of aromatic nitrogens is 1. The molecule has 216 valence electrons. The predicted molar refractivity (Wildman–Crippen MR) is 151 cm³/mol. The fraction of sp³-hybridized carbons (Fsp3) is 0.500. The van der Waals surface area contributed by atoms with Crippen LogP contribution >= 0.6 is 22.7 Å². The van der Waals surface area contributed by atoms with Crippen molar-refractivity contribution in [1.82, 2.24) is 15.2 Å². The summed E-state index contributed by atoms with van der Waals surface area (Å²) in [4.78, 5) is 22.0. The van der Waals surface area contributed by atoms with Crippen molar-refractivity contribution < 1.29 is 26.9 Å². The third-order valence-corrected chi connectivity index (χ3v) is 11.5. The van der Waals surface area contributed by atoms with Crippen molar-refractivity contribution >= 4 is 39.4 Å². The summed E-state index contributed by atoms with van der Waals surface area (Å²) in [5.74, 6) is 0.426. The number of alkyl halides is 3. The van der Waals surface area contributed by atoms with Gasteiger partial charge in [0, 0.05) is 52.3 Å². The number of hydrogen-bond donors (Lipinski definition) is 1. The van der Waals surface area contributed by atoms with Gasteiger partial charge in [0.15, 0.2) is 5.01 Å². The van der Waals surface area contributed by atoms with E-state index in [2.05, 4.69) is 15.2 Å². The second kappa shape index (κ2) is 11.6. The van der Waals surface area contributed by atoms with Crippen LogP contribution in [0.15, 0.2) is 41.4 Å². The second-order valence-electron chi connectivity index (χ2n) is 10.3. The fourth-order valence-corrected chi connectivity index (χ4v) is 8.41. The Balaban J connectivity index is 1.25. The molecule has 1 N–H and O–H groups in total. The quantitative estimate of drug-likeness (QED) is 0.340. The first-order valence-electron chi connectivity index (χ1n) is 13.3. The molecule has 0 radical (unpaired) electrons. The Morgan fingerprint density at radius 1 is 1.25 bits per heavy atom. The van der Waals surface area contributed by atoms with Crippen LogP contribution in [-0.2, 0) is 40.3 Å². The molecule has 2 aromatic heterocycles. The minimum Gasteiger partial charge on any atom is -0.366 e. The Morgan fingerprint density at radius 2 is 1.95 bits per heavy atom. The first-order chi connectivity index (χ1) is 19.0. The van der Waals surface area contributed by atoms with Gasteiger partial charge in [-0.15, -0.1) is 22.7 Å². The number of halogens is 3. The van der Waals surface area contributed by atoms with Crippen molar-refractivity contribution in [2.45, 2.75) is 75.4 Å². The van der Waals surface area contributed by atoms with E-state index in [0.717, 1.165) is 27.3 Å². The van der Waals surface area contributed by atoms with Crippen LogP contribution in [0.4, 0.5) is 13.2 Å². The van der Waals surface area contributed by atoms with Gasteiger partial charge in [0.25, 0.3) is 5.91 Å². The Bertz CT molecular complexity index is 1380. The van der Waals surface area contributed by atoms with Crippen LogP contribution in [0, 0.1) is 0 Å². The average Bonchev–Trinajstić information content (AvgIpc) is 3.60. The van der Waals surface area contributed by atoms with Crippen molar-refractivity contribution in [2.75, 3.05) is 18.8 Å². The maximum Gasteiger partial charge on any atom is 0.443 e. The topological polar surface area (TPSA) is 71.5 Å². The van der Waals surface area contributed by atoms with E-state index in [0.29, 0.717) is 59.3 Å². The van der Waals surface area contributed by atoms with Gasteiger partial charge in [-0.1, -0.05) is 19.1 Å². The van der Waals surface area contributed by atoms with Gasteiger partial charge in [0.05, 0.1) is 21.8 Å². The number of hydrogen-bond acceptors (Lipinski definition) is 7. The van der Waals surface area contributed by atoms with Gasteiger partial charge in [0.1, 0.15) is 5.60 Å². The summed E-state index contributed by atoms with van der Waals surface area (Å²) in [6, 6.07) is 9.26. The van der Waals surface area contributed by atoms with Crippen molar-refractivity contribution in [3.05, 3.63) is 67.3 Å². The standard InChI is InChI=1S/C28H32F3N3O3S3/c1-4-40(36)21-7-5-19(6-8-21)15-32-25(35)22-14-20-13-17(2)37-27(24(20)38-22)9-11-34(12-10-27)18(3)23-16-33-26(39-23)28(29,30)31/h5-8,14,16-18H,4,9-13,15H2,1-3H3,(H,32,35). The lowest BCUT2D eigenvalue weighted by Gasteiger charge is -2.46. The Labute approximate surface area is 242 Å². The van der Waals surface area contributed by atoms with E-state index in [9.17, 15) is 22.2 Å². The van der Waals surface area contributed by atoms with Crippen molar-refractivity contribution in [3.8, 4) is 0 Å². The minimum absolute atomic E-state index is 0.00464. The Kier molecular flexibility index (Phi) is 8.54. The molecule has 1 amide bonds. The van der Waals surface area contributed by atoms with E-state index in [1.807, 2.05) is 51.1 Å². The molecular weight excluding hydrogens is 580 g/mol. The van der Waals surface area contributed by atoms with Crippen LogP contribution in [0.25, 0.3) is 0 Å². The number of nitrogens with zero attached hydrogens (tertiary/aromatic N) is 2. The summed E-state index contributed by atoms with van der Waals surface area (Å²) >= 11 is 2.18. The third-order valence-electron chi connectivity index (χ3n) is 7.61. The number of nitrogens with one attached hydrogen (secondary N) is 1. The summed E-state index contributed by atoms with van der Waals surface area (Å²) < 4.78 is 57.7. The van der Waals surface area contributed by atoms with Crippen LogP contribution in [0.1, 0.15) is 75.2 Å². The first-order valence-corrected chi connectivity index (χ1v) is 16.3. The maximum atomic E-state index is 13.1. The molecule has 0 aliphatic carbocycles. The fourth-order valence-electron chi connectivity index (χ4n) is 5.47. The molecule has 2 aliphatic rings. The Hall–Kier alpha value is -2.12. The third kappa shape index (κ3) is 6.06. The van der Waals surface area contributed by atoms with Crippen LogP contribution in [-0.4, -0.2) is 44.9 Å². The lowest BCUT2D eigenvalue weighted by molar-refractivity contribution is -0.137. The van der Waals surface area contributed by atoms with Crippen LogP contribution in [0.2, 0.25) is 0 Å². The first kappa shape index (κ1) is 29.4. The number of fused-ring (bicyclic) bond motifs is 2. The molecule has 5 rings (SSSR count). The molecule has 0 bridgehead atoms. The number of thiazole rings is 1. The van der Waals surface area contributed by atoms with Crippen molar-refractivity contribution in [2.24, 2.45) is 0 Å². The van der Waals surface area contributed by atoms with Gasteiger partial charge in [-0.3, -0.25) is 13.9 Å². The van der Waals surface area contributed by atoms with Gasteiger partial charge in [-0.25, -0.2) is 4.98 Å². The van der Waals surface area contributed by atoms with E-state index in [-0.39, 0.29) is 18.1 Å². The van der Waals surface area contributed by atoms with E-state index in [1.165, 1.54) is 17.5 Å². The number of likely N-dealkylation sites (tertiary alicyclic amines) is 1. The number of rotatable bonds is 7. The van der Waals surface area contributed by atoms with Crippen LogP contribution in [0.5, 0.6) is 0 Å². The summed E-state index contributed by atoms with van der Waals surface area (Å²) in [6.07, 6.45) is -0.951. The average molecular weight is 612 g/mol. The molecule has 1 spiro atoms. The molecular formula is C28H32F3N3O3S3. The maximum absolute atomic E-state index is 13.1. The number of piperidine rings is 1. The molecule has 2 aliphatic heterocycles. The highest BCUT2D eigenvalue weighted by molar-refractivity contribution is 7.85. The van der Waals surface area contributed by atoms with Crippen LogP contribution in [0.3, 0.4) is 0 Å². The molecule has 12 heteroatoms. The number of ether oxygens (including phenoxy) is 1. The number of carbonyl (C=O) groups excluding carboxylic acids is 1. The van der Waals surface area contributed by atoms with Gasteiger partial charge in [-0.2, -0.15) is 13.2 Å². The van der Waals surface area contributed by atoms with Crippen molar-refractivity contribution in [1.29, 1.82) is 0 Å². The monoisotopic (exact) mass is 611 g/mol. The largest absolute Gasteiger partial charge is 0.443 e. The summed E-state index contributed by atoms with van der Waals surface area (Å²) in [7, 11) is -1.01. The number of benzene rings is 1. The van der Waals surface area contributed by atoms with E-state index >= 15 is 0 Å². The van der Waals surface area contributed by atoms with Crippen LogP contribution < -0.4 is 5.32 Å². The molecule has 1 fully saturated rings. The molecule has 3 atom stereocenters. The molecule has 3 aromatic rings. The van der Waals surface area contributed by atoms with E-state index in [1.54, 1.807) is 0 Å². The number of thiophene rings is 1. The van der Waals surface area contributed by atoms with E-state index in [4.69, 9.17) is 4.74 Å². The molecule has 3 unspecified atom stereocenters. The van der Waals surface area contributed by atoms with Gasteiger partial charge < -0.3 is 10.1 Å². The number of amides is 1. The van der Waals surface area contributed by atoms with Gasteiger partial charge in [0.2, 0.25) is 0 Å². The minimum atomic E-state index is -4.43. The predicted octanol–water partition coefficient (Wildman–Crippen LogP) is 6.29. The van der Waals surface area contributed by atoms with Crippen molar-refractivity contribution in [3.63, 3.8) is 0 Å². The molecule has 1 aromatic carbocycles. The number of carbonyl (C=O) groups is 1. The van der Waals surface area contributed by atoms with Gasteiger partial charge >= 0.3 is 6.18 Å². The molecule has 4 heterocycles. The van der Waals surface area contributed by atoms with Gasteiger partial charge in [-0.05, 0) is 62.4 Å². The molecule has 0 saturated carbocycles. The Morgan fingerprint density at radius 3 is 2.58 bits per heavy atom. The normalized spacial score (nSPS) is 20.7. The zero-order chi connectivity index (χ0) is 28.7. The molecule has 1 saturated heterocycles. The SMILES string of the molecule is CCS(=O)c1ccc(CNC(=O)c2cc3c(s2)C2(CCN(C(C)c4cnc(C(F)(F)F)s4)CC2)OC(C)C3)cc1. The smallest absolute Gasteiger partial charge is 0.366 e. The highest BCUT2D eigenvalue weighted by Gasteiger charge is 2.45. The lowest BCUT2D eigenvalue weighted by atomic mass is 9.83. The second-order valence-corrected chi connectivity index (χ2v) is 14.2. The lowest BCUT2D eigenvalue weighted by Crippen LogP contribution is -2.48. The highest BCUT2D eigenvalue weighted by atomic mass is 32.2. The summed E-state index contributed by atoms with van der Waals surface area (Å²) in [6.45, 7) is 7.56. The highest BCUT2D eigenvalue weighted by Crippen LogP contribution is 2.48. The van der Waals surface area contributed by atoms with E-state index < -0.39 is 27.6 Å². The molecule has 6 nitrogen and oxygen atoms in total. The zero-order valence-corrected chi connectivity index (χ0v) is 25.0. The summed E-state index contributed by atoms with van der Waals surface area (Å²) in [5.41, 5.74) is 1.57.